The Morgan fingerprint density at radius 1 is 1.00 bits per heavy atom. The predicted octanol–water partition coefficient (Wildman–Crippen LogP) is 3.90. The molecule has 1 aliphatic rings. The number of benzene rings is 2. The second kappa shape index (κ2) is 3.28. The number of rotatable bonds is 0. The van der Waals surface area contributed by atoms with E-state index in [1.807, 2.05) is 30.3 Å². The third kappa shape index (κ3) is 1.40. The van der Waals surface area contributed by atoms with Gasteiger partial charge in [-0.05, 0) is 29.3 Å². The molecule has 15 heavy (non-hydrogen) atoms. The van der Waals surface area contributed by atoms with Crippen LogP contribution in [-0.2, 0) is 6.61 Å². The van der Waals surface area contributed by atoms with E-state index in [0.717, 1.165) is 21.9 Å². The maximum Gasteiger partial charge on any atom is 0.127 e. The molecule has 0 saturated carbocycles. The van der Waals surface area contributed by atoms with E-state index in [1.165, 1.54) is 5.56 Å². The van der Waals surface area contributed by atoms with Crippen molar-refractivity contribution in [3.63, 3.8) is 0 Å². The first kappa shape index (κ1) is 8.81. The molecule has 1 aliphatic heterocycles. The molecule has 0 fully saturated rings. The molecule has 1 heterocycles. The molecule has 0 saturated heterocycles. The molecule has 0 bridgehead atoms. The average Bonchev–Trinajstić information content (AvgIpc) is 2.28. The van der Waals surface area contributed by atoms with Gasteiger partial charge in [-0.3, -0.25) is 0 Å². The molecule has 0 radical (unpaired) electrons. The van der Waals surface area contributed by atoms with E-state index >= 15 is 0 Å². The molecule has 74 valence electrons. The number of para-hydroxylation sites is 1. The fourth-order valence-electron chi connectivity index (χ4n) is 1.91. The minimum Gasteiger partial charge on any atom is -0.488 e. The Bertz CT molecular complexity index is 520. The second-order valence-electron chi connectivity index (χ2n) is 3.59. The summed E-state index contributed by atoms with van der Waals surface area (Å²) in [5, 5.41) is 0.761. The molecule has 0 atom stereocenters. The number of hydrogen-bond donors (Lipinski definition) is 0. The zero-order valence-electron chi connectivity index (χ0n) is 8.03. The summed E-state index contributed by atoms with van der Waals surface area (Å²) in [7, 11) is 0. The van der Waals surface area contributed by atoms with E-state index in [1.54, 1.807) is 0 Å². The van der Waals surface area contributed by atoms with Crippen molar-refractivity contribution < 1.29 is 4.74 Å². The summed E-state index contributed by atoms with van der Waals surface area (Å²) in [6.45, 7) is 0.604. The van der Waals surface area contributed by atoms with Gasteiger partial charge in [-0.1, -0.05) is 35.9 Å². The van der Waals surface area contributed by atoms with Gasteiger partial charge >= 0.3 is 0 Å². The van der Waals surface area contributed by atoms with Crippen LogP contribution >= 0.6 is 11.6 Å². The van der Waals surface area contributed by atoms with Crippen molar-refractivity contribution in [1.82, 2.24) is 0 Å². The lowest BCUT2D eigenvalue weighted by Crippen LogP contribution is -2.04. The Hall–Kier alpha value is -1.47. The van der Waals surface area contributed by atoms with Crippen LogP contribution in [0.5, 0.6) is 5.75 Å². The highest BCUT2D eigenvalue weighted by Crippen LogP contribution is 2.37. The molecule has 3 rings (SSSR count). The van der Waals surface area contributed by atoms with Gasteiger partial charge in [0.2, 0.25) is 0 Å². The van der Waals surface area contributed by atoms with E-state index in [-0.39, 0.29) is 0 Å². The largest absolute Gasteiger partial charge is 0.488 e. The lowest BCUT2D eigenvalue weighted by atomic mass is 9.97. The number of halogens is 1. The monoisotopic (exact) mass is 216 g/mol. The van der Waals surface area contributed by atoms with Gasteiger partial charge in [0, 0.05) is 10.6 Å². The van der Waals surface area contributed by atoms with Crippen molar-refractivity contribution in [2.45, 2.75) is 6.61 Å². The van der Waals surface area contributed by atoms with Crippen molar-refractivity contribution in [3.8, 4) is 16.9 Å². The first-order chi connectivity index (χ1) is 7.34. The molecular formula is C13H9ClO. The highest BCUT2D eigenvalue weighted by atomic mass is 35.5. The maximum atomic E-state index is 5.95. The smallest absolute Gasteiger partial charge is 0.127 e. The number of ether oxygens (including phenoxy) is 1. The summed E-state index contributed by atoms with van der Waals surface area (Å²) >= 11 is 5.95. The minimum atomic E-state index is 0.604. The van der Waals surface area contributed by atoms with Crippen LogP contribution in [0.4, 0.5) is 0 Å². The average molecular weight is 217 g/mol. The Kier molecular flexibility index (Phi) is 1.93. The van der Waals surface area contributed by atoms with E-state index in [0.29, 0.717) is 6.61 Å². The molecule has 0 aromatic heterocycles. The lowest BCUT2D eigenvalue weighted by molar-refractivity contribution is 0.302. The predicted molar refractivity (Wildman–Crippen MR) is 61.2 cm³/mol. The zero-order chi connectivity index (χ0) is 10.3. The van der Waals surface area contributed by atoms with Gasteiger partial charge in [0.15, 0.2) is 0 Å². The molecule has 2 aromatic carbocycles. The van der Waals surface area contributed by atoms with Gasteiger partial charge in [0.05, 0.1) is 0 Å². The Morgan fingerprint density at radius 3 is 2.80 bits per heavy atom. The first-order valence-corrected chi connectivity index (χ1v) is 5.23. The van der Waals surface area contributed by atoms with Gasteiger partial charge in [-0.15, -0.1) is 0 Å². The van der Waals surface area contributed by atoms with Crippen molar-refractivity contribution in [2.24, 2.45) is 0 Å². The molecule has 2 aromatic rings. The van der Waals surface area contributed by atoms with Gasteiger partial charge in [-0.25, -0.2) is 0 Å². The number of fused-ring (bicyclic) bond motifs is 3. The van der Waals surface area contributed by atoms with E-state index in [4.69, 9.17) is 16.3 Å². The summed E-state index contributed by atoms with van der Waals surface area (Å²) in [6, 6.07) is 14.0. The molecule has 0 spiro atoms. The van der Waals surface area contributed by atoms with Crippen LogP contribution in [0.3, 0.4) is 0 Å². The molecule has 0 N–H and O–H groups in total. The Labute approximate surface area is 93.3 Å². The Morgan fingerprint density at radius 2 is 1.87 bits per heavy atom. The SMILES string of the molecule is Clc1ccc2c(c1)COc1ccccc1-2. The fraction of sp³-hybridized carbons (Fsp3) is 0.0769. The van der Waals surface area contributed by atoms with Crippen LogP contribution in [0.25, 0.3) is 11.1 Å². The van der Waals surface area contributed by atoms with Crippen molar-refractivity contribution in [1.29, 1.82) is 0 Å². The van der Waals surface area contributed by atoms with Gasteiger partial charge in [0.1, 0.15) is 12.4 Å². The highest BCUT2D eigenvalue weighted by Gasteiger charge is 2.16. The third-order valence-electron chi connectivity index (χ3n) is 2.63. The van der Waals surface area contributed by atoms with Gasteiger partial charge < -0.3 is 4.74 Å². The molecule has 2 heteroatoms. The third-order valence-corrected chi connectivity index (χ3v) is 2.86. The quantitative estimate of drug-likeness (QED) is 0.649. The summed E-state index contributed by atoms with van der Waals surface area (Å²) < 4.78 is 5.65. The van der Waals surface area contributed by atoms with Gasteiger partial charge in [-0.2, -0.15) is 0 Å². The van der Waals surface area contributed by atoms with Crippen LogP contribution in [-0.4, -0.2) is 0 Å². The lowest BCUT2D eigenvalue weighted by Gasteiger charge is -2.20. The minimum absolute atomic E-state index is 0.604. The van der Waals surface area contributed by atoms with E-state index in [9.17, 15) is 0 Å². The topological polar surface area (TPSA) is 9.23 Å². The summed E-state index contributed by atoms with van der Waals surface area (Å²) in [4.78, 5) is 0. The number of hydrogen-bond acceptors (Lipinski definition) is 1. The fourth-order valence-corrected chi connectivity index (χ4v) is 2.11. The van der Waals surface area contributed by atoms with Crippen LogP contribution < -0.4 is 4.74 Å². The zero-order valence-corrected chi connectivity index (χ0v) is 8.79. The second-order valence-corrected chi connectivity index (χ2v) is 4.02. The molecule has 0 amide bonds. The van der Waals surface area contributed by atoms with Gasteiger partial charge in [0.25, 0.3) is 0 Å². The molecule has 0 unspecified atom stereocenters. The summed E-state index contributed by atoms with van der Waals surface area (Å²) in [5.41, 5.74) is 3.53. The standard InChI is InChI=1S/C13H9ClO/c14-10-5-6-11-9(7-10)8-15-13-4-2-1-3-12(11)13/h1-7H,8H2. The molecule has 0 aliphatic carbocycles. The summed E-state index contributed by atoms with van der Waals surface area (Å²) in [5.74, 6) is 0.951. The highest BCUT2D eigenvalue weighted by molar-refractivity contribution is 6.30. The molecular weight excluding hydrogens is 208 g/mol. The van der Waals surface area contributed by atoms with E-state index < -0.39 is 0 Å². The van der Waals surface area contributed by atoms with Crippen LogP contribution in [0.15, 0.2) is 42.5 Å². The first-order valence-electron chi connectivity index (χ1n) is 4.85. The van der Waals surface area contributed by atoms with Crippen molar-refractivity contribution >= 4 is 11.6 Å². The normalized spacial score (nSPS) is 12.6. The molecule has 1 nitrogen and oxygen atoms in total. The maximum absolute atomic E-state index is 5.95. The Balaban J connectivity index is 2.26. The van der Waals surface area contributed by atoms with Crippen LogP contribution in [0.1, 0.15) is 5.56 Å². The van der Waals surface area contributed by atoms with Crippen LogP contribution in [0.2, 0.25) is 5.02 Å². The summed E-state index contributed by atoms with van der Waals surface area (Å²) in [6.07, 6.45) is 0. The van der Waals surface area contributed by atoms with Crippen molar-refractivity contribution in [3.05, 3.63) is 53.1 Å². The van der Waals surface area contributed by atoms with Crippen molar-refractivity contribution in [2.75, 3.05) is 0 Å². The van der Waals surface area contributed by atoms with E-state index in [2.05, 4.69) is 12.1 Å². The van der Waals surface area contributed by atoms with Crippen LogP contribution in [0, 0.1) is 0 Å².